The largest absolute Gasteiger partial charge is 0.341 e. The number of carbonyl (C=O) groups is 2. The molecule has 7 nitrogen and oxygen atoms in total. The molecule has 2 N–H and O–H groups in total. The Morgan fingerprint density at radius 1 is 1.03 bits per heavy atom. The molecule has 2 heterocycles. The van der Waals surface area contributed by atoms with Crippen LogP contribution in [0.25, 0.3) is 0 Å². The molecule has 1 saturated heterocycles. The van der Waals surface area contributed by atoms with Crippen molar-refractivity contribution in [3.63, 3.8) is 0 Å². The minimum Gasteiger partial charge on any atom is -0.341 e. The van der Waals surface area contributed by atoms with E-state index in [1.165, 1.54) is 23.9 Å². The van der Waals surface area contributed by atoms with Crippen molar-refractivity contribution in [2.45, 2.75) is 54.6 Å². The summed E-state index contributed by atoms with van der Waals surface area (Å²) in [6, 6.07) is 10.1. The number of sulfonamides is 1. The normalized spacial score (nSPS) is 19.0. The van der Waals surface area contributed by atoms with Gasteiger partial charge in [0.1, 0.15) is 0 Å². The zero-order chi connectivity index (χ0) is 22.9. The lowest BCUT2D eigenvalue weighted by molar-refractivity contribution is -0.133. The van der Waals surface area contributed by atoms with E-state index in [4.69, 9.17) is 0 Å². The van der Waals surface area contributed by atoms with Crippen molar-refractivity contribution in [2.24, 2.45) is 0 Å². The van der Waals surface area contributed by atoms with Crippen molar-refractivity contribution in [1.29, 1.82) is 0 Å². The number of thioether (sulfide) groups is 1. The molecule has 0 spiro atoms. The summed E-state index contributed by atoms with van der Waals surface area (Å²) in [6.45, 7) is 5.16. The lowest BCUT2D eigenvalue weighted by Crippen LogP contribution is -2.45. The first kappa shape index (κ1) is 22.7. The van der Waals surface area contributed by atoms with Crippen LogP contribution in [0.3, 0.4) is 0 Å². The van der Waals surface area contributed by atoms with Crippen LogP contribution in [0.5, 0.6) is 0 Å². The number of hydrogen-bond acceptors (Lipinski definition) is 5. The van der Waals surface area contributed by atoms with Gasteiger partial charge in [-0.15, -0.1) is 11.8 Å². The molecule has 2 aliphatic heterocycles. The van der Waals surface area contributed by atoms with Crippen LogP contribution in [-0.4, -0.2) is 43.5 Å². The molecule has 170 valence electrons. The van der Waals surface area contributed by atoms with E-state index in [-0.39, 0.29) is 10.8 Å². The van der Waals surface area contributed by atoms with Crippen LogP contribution in [-0.2, 0) is 19.6 Å². The Kier molecular flexibility index (Phi) is 6.48. The average Bonchev–Trinajstić information content (AvgIpc) is 3.01. The maximum Gasteiger partial charge on any atom is 0.261 e. The van der Waals surface area contributed by atoms with Crippen LogP contribution < -0.4 is 10.0 Å². The molecule has 2 aromatic carbocycles. The molecule has 0 saturated carbocycles. The number of likely N-dealkylation sites (tertiary alicyclic amines) is 1. The zero-order valence-corrected chi connectivity index (χ0v) is 19.8. The minimum absolute atomic E-state index is 0.0496. The molecular formula is C23H27N3O4S2. The molecule has 2 amide bonds. The highest BCUT2D eigenvalue weighted by Gasteiger charge is 2.36. The van der Waals surface area contributed by atoms with Crippen molar-refractivity contribution < 1.29 is 18.0 Å². The van der Waals surface area contributed by atoms with Gasteiger partial charge in [-0.05, 0) is 68.1 Å². The van der Waals surface area contributed by atoms with Crippen molar-refractivity contribution >= 4 is 45.0 Å². The van der Waals surface area contributed by atoms with Gasteiger partial charge >= 0.3 is 0 Å². The molecule has 0 unspecified atom stereocenters. The molecule has 0 bridgehead atoms. The molecular weight excluding hydrogens is 446 g/mol. The first-order valence-corrected chi connectivity index (χ1v) is 13.1. The number of fused-ring (bicyclic) bond motifs is 1. The van der Waals surface area contributed by atoms with E-state index in [1.807, 2.05) is 19.9 Å². The Morgan fingerprint density at radius 2 is 1.69 bits per heavy atom. The number of carbonyl (C=O) groups excluding carboxylic acids is 2. The number of nitrogens with one attached hydrogen (secondary N) is 2. The summed E-state index contributed by atoms with van der Waals surface area (Å²) in [5, 5.41) is 1.89. The van der Waals surface area contributed by atoms with Gasteiger partial charge < -0.3 is 10.2 Å². The second-order valence-electron chi connectivity index (χ2n) is 8.37. The second-order valence-corrected chi connectivity index (χ2v) is 11.2. The quantitative estimate of drug-likeness (QED) is 0.656. The standard InChI is InChI=1S/C23H27N3O4S2/c1-15-11-16(2)13-17(12-15)25-32(29,30)18-7-8-20-19(14-18)24-22(27)21(31-20)23(28)26-9-5-3-4-6-10-26/h7-8,11-14,21,25H,3-6,9-10H2,1-2H3,(H,24,27)/t21-/m1/s1. The van der Waals surface area contributed by atoms with Crippen LogP contribution in [0.1, 0.15) is 36.8 Å². The summed E-state index contributed by atoms with van der Waals surface area (Å²) < 4.78 is 28.4. The van der Waals surface area contributed by atoms with Gasteiger partial charge in [0.25, 0.3) is 10.0 Å². The Bertz CT molecular complexity index is 1140. The van der Waals surface area contributed by atoms with Crippen molar-refractivity contribution in [3.8, 4) is 0 Å². The van der Waals surface area contributed by atoms with Crippen LogP contribution in [0.15, 0.2) is 46.2 Å². The van der Waals surface area contributed by atoms with Gasteiger partial charge in [-0.2, -0.15) is 0 Å². The average molecular weight is 474 g/mol. The third kappa shape index (κ3) is 4.94. The first-order valence-electron chi connectivity index (χ1n) is 10.7. The monoisotopic (exact) mass is 473 g/mol. The summed E-state index contributed by atoms with van der Waals surface area (Å²) >= 11 is 1.18. The van der Waals surface area contributed by atoms with E-state index >= 15 is 0 Å². The molecule has 2 aromatic rings. The maximum atomic E-state index is 12.9. The highest BCUT2D eigenvalue weighted by Crippen LogP contribution is 2.38. The van der Waals surface area contributed by atoms with Crippen LogP contribution in [0.2, 0.25) is 0 Å². The fourth-order valence-electron chi connectivity index (χ4n) is 4.12. The molecule has 0 aromatic heterocycles. The first-order chi connectivity index (χ1) is 15.2. The number of hydrogen-bond donors (Lipinski definition) is 2. The number of anilines is 2. The van der Waals surface area contributed by atoms with Gasteiger partial charge in [-0.25, -0.2) is 8.42 Å². The lowest BCUT2D eigenvalue weighted by Gasteiger charge is -2.28. The molecule has 2 aliphatic rings. The van der Waals surface area contributed by atoms with Crippen molar-refractivity contribution in [2.75, 3.05) is 23.1 Å². The Balaban J connectivity index is 1.53. The molecule has 32 heavy (non-hydrogen) atoms. The Labute approximate surface area is 193 Å². The van der Waals surface area contributed by atoms with E-state index in [1.54, 1.807) is 23.1 Å². The zero-order valence-electron chi connectivity index (χ0n) is 18.2. The van der Waals surface area contributed by atoms with E-state index < -0.39 is 21.2 Å². The summed E-state index contributed by atoms with van der Waals surface area (Å²) in [4.78, 5) is 28.2. The van der Waals surface area contributed by atoms with Crippen molar-refractivity contribution in [1.82, 2.24) is 4.90 Å². The van der Waals surface area contributed by atoms with E-state index in [9.17, 15) is 18.0 Å². The van der Waals surface area contributed by atoms with Gasteiger partial charge in [0.2, 0.25) is 11.8 Å². The number of benzene rings is 2. The van der Waals surface area contributed by atoms with Gasteiger partial charge in [0.05, 0.1) is 10.6 Å². The van der Waals surface area contributed by atoms with E-state index in [0.717, 1.165) is 36.8 Å². The van der Waals surface area contributed by atoms with Crippen LogP contribution >= 0.6 is 11.8 Å². The van der Waals surface area contributed by atoms with E-state index in [0.29, 0.717) is 29.4 Å². The SMILES string of the molecule is Cc1cc(C)cc(NS(=O)(=O)c2ccc3c(c2)NC(=O)[C@H](C(=O)N2CCCCCC2)S3)c1. The highest BCUT2D eigenvalue weighted by atomic mass is 32.2. The molecule has 0 aliphatic carbocycles. The van der Waals surface area contributed by atoms with Gasteiger partial charge in [-0.3, -0.25) is 14.3 Å². The molecule has 0 radical (unpaired) electrons. The summed E-state index contributed by atoms with van der Waals surface area (Å²) in [6.07, 6.45) is 4.11. The molecule has 4 rings (SSSR count). The second kappa shape index (κ2) is 9.15. The Morgan fingerprint density at radius 3 is 2.34 bits per heavy atom. The van der Waals surface area contributed by atoms with Gasteiger partial charge in [0.15, 0.2) is 5.25 Å². The fraction of sp³-hybridized carbons (Fsp3) is 0.391. The number of nitrogens with zero attached hydrogens (tertiary/aromatic N) is 1. The summed E-state index contributed by atoms with van der Waals surface area (Å²) in [5.74, 6) is -0.582. The highest BCUT2D eigenvalue weighted by molar-refractivity contribution is 8.01. The maximum absolute atomic E-state index is 12.9. The third-order valence-electron chi connectivity index (χ3n) is 5.62. The number of amides is 2. The number of rotatable bonds is 4. The predicted molar refractivity (Wildman–Crippen MR) is 126 cm³/mol. The minimum atomic E-state index is -3.83. The molecule has 1 atom stereocenters. The smallest absolute Gasteiger partial charge is 0.261 e. The van der Waals surface area contributed by atoms with Gasteiger partial charge in [-0.1, -0.05) is 18.9 Å². The Hall–Kier alpha value is -2.52. The van der Waals surface area contributed by atoms with Gasteiger partial charge in [0, 0.05) is 23.7 Å². The molecule has 1 fully saturated rings. The van der Waals surface area contributed by atoms with Crippen molar-refractivity contribution in [3.05, 3.63) is 47.5 Å². The predicted octanol–water partition coefficient (Wildman–Crippen LogP) is 3.92. The summed E-state index contributed by atoms with van der Waals surface area (Å²) in [7, 11) is -3.83. The number of aryl methyl sites for hydroxylation is 2. The fourth-order valence-corrected chi connectivity index (χ4v) is 6.24. The van der Waals surface area contributed by atoms with Crippen LogP contribution in [0.4, 0.5) is 11.4 Å². The van der Waals surface area contributed by atoms with Crippen LogP contribution in [0, 0.1) is 13.8 Å². The van der Waals surface area contributed by atoms with E-state index in [2.05, 4.69) is 10.0 Å². The molecule has 9 heteroatoms. The topological polar surface area (TPSA) is 95.6 Å². The summed E-state index contributed by atoms with van der Waals surface area (Å²) in [5.41, 5.74) is 2.80. The lowest BCUT2D eigenvalue weighted by atomic mass is 10.1. The third-order valence-corrected chi connectivity index (χ3v) is 8.26.